The second-order valence-corrected chi connectivity index (χ2v) is 7.13. The highest BCUT2D eigenvalue weighted by atomic mass is 32.2. The van der Waals surface area contributed by atoms with Crippen LogP contribution in [-0.2, 0) is 6.54 Å². The minimum Gasteiger partial charge on any atom is -0.295 e. The lowest BCUT2D eigenvalue weighted by Crippen LogP contribution is -2.30. The molecule has 0 amide bonds. The molecule has 2 heteroatoms. The van der Waals surface area contributed by atoms with E-state index < -0.39 is 0 Å². The number of likely N-dealkylation sites (tertiary alicyclic amines) is 1. The summed E-state index contributed by atoms with van der Waals surface area (Å²) < 4.78 is 0. The van der Waals surface area contributed by atoms with Crippen molar-refractivity contribution in [3.8, 4) is 0 Å². The molecule has 0 spiro atoms. The molecule has 110 valence electrons. The Labute approximate surface area is 132 Å². The molecule has 1 saturated heterocycles. The Hall–Kier alpha value is -1.25. The number of benzene rings is 2. The lowest BCUT2D eigenvalue weighted by atomic mass is 10.1. The zero-order valence-corrected chi connectivity index (χ0v) is 13.4. The highest BCUT2D eigenvalue weighted by molar-refractivity contribution is 7.99. The van der Waals surface area contributed by atoms with E-state index >= 15 is 0 Å². The first-order valence-corrected chi connectivity index (χ1v) is 8.75. The van der Waals surface area contributed by atoms with Gasteiger partial charge in [-0.25, -0.2) is 0 Å². The lowest BCUT2D eigenvalue weighted by Gasteiger charge is -2.24. The Morgan fingerprint density at radius 3 is 2.38 bits per heavy atom. The second-order valence-electron chi connectivity index (χ2n) is 6.03. The SMILES string of the molecule is C[C@@H]1C[C@H](CSc2ccccc2)N(Cc2ccccc2)C1. The highest BCUT2D eigenvalue weighted by Gasteiger charge is 2.29. The van der Waals surface area contributed by atoms with Gasteiger partial charge in [0.2, 0.25) is 0 Å². The standard InChI is InChI=1S/C19H23NS/c1-16-12-18(15-21-19-10-6-3-7-11-19)20(13-16)14-17-8-4-2-5-9-17/h2-11,16,18H,12-15H2,1H3/t16-,18-/m1/s1. The Morgan fingerprint density at radius 2 is 1.67 bits per heavy atom. The predicted molar refractivity (Wildman–Crippen MR) is 91.6 cm³/mol. The third kappa shape index (κ3) is 4.12. The second kappa shape index (κ2) is 7.15. The normalized spacial score (nSPS) is 22.5. The molecule has 1 heterocycles. The fraction of sp³-hybridized carbons (Fsp3) is 0.368. The molecular weight excluding hydrogens is 274 g/mol. The Kier molecular flexibility index (Phi) is 5.00. The third-order valence-corrected chi connectivity index (χ3v) is 5.31. The van der Waals surface area contributed by atoms with Gasteiger partial charge in [-0.2, -0.15) is 0 Å². The van der Waals surface area contributed by atoms with Gasteiger partial charge in [0.05, 0.1) is 0 Å². The molecule has 1 aliphatic rings. The van der Waals surface area contributed by atoms with Crippen molar-refractivity contribution in [2.24, 2.45) is 5.92 Å². The van der Waals surface area contributed by atoms with Crippen molar-refractivity contribution in [1.29, 1.82) is 0 Å². The van der Waals surface area contributed by atoms with Gasteiger partial charge in [0, 0.05) is 29.8 Å². The number of hydrogen-bond donors (Lipinski definition) is 0. The summed E-state index contributed by atoms with van der Waals surface area (Å²) in [5.74, 6) is 2.01. The molecule has 0 bridgehead atoms. The molecule has 1 fully saturated rings. The molecule has 0 unspecified atom stereocenters. The van der Waals surface area contributed by atoms with Crippen molar-refractivity contribution in [2.45, 2.75) is 30.8 Å². The summed E-state index contributed by atoms with van der Waals surface area (Å²) in [4.78, 5) is 4.05. The highest BCUT2D eigenvalue weighted by Crippen LogP contribution is 2.29. The van der Waals surface area contributed by atoms with Crippen LogP contribution in [0.4, 0.5) is 0 Å². The first kappa shape index (κ1) is 14.7. The minimum atomic E-state index is 0.699. The van der Waals surface area contributed by atoms with E-state index in [2.05, 4.69) is 72.5 Å². The molecule has 0 aliphatic carbocycles. The summed E-state index contributed by atoms with van der Waals surface area (Å²) in [5.41, 5.74) is 1.43. The van der Waals surface area contributed by atoms with Crippen molar-refractivity contribution >= 4 is 11.8 Å². The number of rotatable bonds is 5. The monoisotopic (exact) mass is 297 g/mol. The molecular formula is C19H23NS. The molecule has 0 N–H and O–H groups in total. The van der Waals surface area contributed by atoms with Crippen molar-refractivity contribution in [2.75, 3.05) is 12.3 Å². The van der Waals surface area contributed by atoms with Gasteiger partial charge in [-0.1, -0.05) is 55.5 Å². The van der Waals surface area contributed by atoms with Crippen LogP contribution in [0.5, 0.6) is 0 Å². The molecule has 0 radical (unpaired) electrons. The summed E-state index contributed by atoms with van der Waals surface area (Å²) in [6.07, 6.45) is 1.33. The van der Waals surface area contributed by atoms with E-state index in [1.165, 1.54) is 29.2 Å². The average Bonchev–Trinajstić information content (AvgIpc) is 2.87. The molecule has 2 atom stereocenters. The van der Waals surface area contributed by atoms with Crippen molar-refractivity contribution < 1.29 is 0 Å². The van der Waals surface area contributed by atoms with Gasteiger partial charge in [0.15, 0.2) is 0 Å². The Morgan fingerprint density at radius 1 is 1.00 bits per heavy atom. The van der Waals surface area contributed by atoms with Gasteiger partial charge >= 0.3 is 0 Å². The van der Waals surface area contributed by atoms with Crippen molar-refractivity contribution in [3.63, 3.8) is 0 Å². The summed E-state index contributed by atoms with van der Waals surface area (Å²) in [6, 6.07) is 22.3. The van der Waals surface area contributed by atoms with E-state index in [-0.39, 0.29) is 0 Å². The van der Waals surface area contributed by atoms with Crippen LogP contribution in [0.2, 0.25) is 0 Å². The Bertz CT molecular complexity index is 540. The van der Waals surface area contributed by atoms with E-state index in [1.807, 2.05) is 11.8 Å². The van der Waals surface area contributed by atoms with Gasteiger partial charge in [0.1, 0.15) is 0 Å². The zero-order valence-electron chi connectivity index (χ0n) is 12.6. The van der Waals surface area contributed by atoms with Crippen LogP contribution >= 0.6 is 11.8 Å². The van der Waals surface area contributed by atoms with Gasteiger partial charge in [0.25, 0.3) is 0 Å². The number of nitrogens with zero attached hydrogens (tertiary/aromatic N) is 1. The van der Waals surface area contributed by atoms with Crippen LogP contribution in [0.15, 0.2) is 65.6 Å². The molecule has 2 aromatic rings. The Balaban J connectivity index is 1.60. The van der Waals surface area contributed by atoms with Gasteiger partial charge in [-0.3, -0.25) is 4.90 Å². The topological polar surface area (TPSA) is 3.24 Å². The number of thioether (sulfide) groups is 1. The van der Waals surface area contributed by atoms with Crippen molar-refractivity contribution in [1.82, 2.24) is 4.90 Å². The molecule has 0 saturated carbocycles. The van der Waals surface area contributed by atoms with Crippen LogP contribution < -0.4 is 0 Å². The van der Waals surface area contributed by atoms with Gasteiger partial charge in [-0.05, 0) is 30.0 Å². The van der Waals surface area contributed by atoms with Crippen LogP contribution in [0.25, 0.3) is 0 Å². The average molecular weight is 297 g/mol. The lowest BCUT2D eigenvalue weighted by molar-refractivity contribution is 0.260. The third-order valence-electron chi connectivity index (χ3n) is 4.15. The van der Waals surface area contributed by atoms with Crippen LogP contribution in [-0.4, -0.2) is 23.2 Å². The zero-order chi connectivity index (χ0) is 14.5. The maximum atomic E-state index is 2.66. The van der Waals surface area contributed by atoms with E-state index in [4.69, 9.17) is 0 Å². The molecule has 21 heavy (non-hydrogen) atoms. The minimum absolute atomic E-state index is 0.699. The van der Waals surface area contributed by atoms with E-state index in [1.54, 1.807) is 0 Å². The summed E-state index contributed by atoms with van der Waals surface area (Å²) >= 11 is 1.99. The maximum Gasteiger partial charge on any atom is 0.0237 e. The quantitative estimate of drug-likeness (QED) is 0.737. The van der Waals surface area contributed by atoms with Gasteiger partial charge < -0.3 is 0 Å². The molecule has 1 nitrogen and oxygen atoms in total. The van der Waals surface area contributed by atoms with Crippen molar-refractivity contribution in [3.05, 3.63) is 66.2 Å². The number of hydrogen-bond acceptors (Lipinski definition) is 2. The summed E-state index contributed by atoms with van der Waals surface area (Å²) in [7, 11) is 0. The fourth-order valence-corrected chi connectivity index (χ4v) is 4.21. The molecule has 0 aromatic heterocycles. The van der Waals surface area contributed by atoms with E-state index in [9.17, 15) is 0 Å². The van der Waals surface area contributed by atoms with Crippen LogP contribution in [0.3, 0.4) is 0 Å². The van der Waals surface area contributed by atoms with Crippen LogP contribution in [0.1, 0.15) is 18.9 Å². The first-order valence-electron chi connectivity index (χ1n) is 7.77. The van der Waals surface area contributed by atoms with Crippen LogP contribution in [0, 0.1) is 5.92 Å². The molecule has 1 aliphatic heterocycles. The van der Waals surface area contributed by atoms with E-state index in [0.717, 1.165) is 12.5 Å². The first-order chi connectivity index (χ1) is 10.3. The smallest absolute Gasteiger partial charge is 0.0237 e. The van der Waals surface area contributed by atoms with E-state index in [0.29, 0.717) is 6.04 Å². The predicted octanol–water partition coefficient (Wildman–Crippen LogP) is 4.69. The summed E-state index contributed by atoms with van der Waals surface area (Å²) in [6.45, 7) is 4.70. The fourth-order valence-electron chi connectivity index (χ4n) is 3.13. The summed E-state index contributed by atoms with van der Waals surface area (Å²) in [5, 5.41) is 0. The molecule has 3 rings (SSSR count). The largest absolute Gasteiger partial charge is 0.295 e. The molecule has 2 aromatic carbocycles. The maximum absolute atomic E-state index is 2.66. The van der Waals surface area contributed by atoms with Gasteiger partial charge in [-0.15, -0.1) is 11.8 Å².